The molecule has 0 spiro atoms. The second kappa shape index (κ2) is 9.02. The third-order valence-electron chi connectivity index (χ3n) is 6.16. The molecule has 1 aliphatic rings. The Morgan fingerprint density at radius 3 is 2.75 bits per heavy atom. The molecular weight excluding hydrogens is 404 g/mol. The Kier molecular flexibility index (Phi) is 6.17. The molecule has 3 aromatic rings. The van der Waals surface area contributed by atoms with Crippen LogP contribution in [0.2, 0.25) is 0 Å². The van der Waals surface area contributed by atoms with Crippen LogP contribution in [0, 0.1) is 13.8 Å². The molecular formula is C25H30N4O3. The van der Waals surface area contributed by atoms with Crippen LogP contribution < -0.4 is 5.32 Å². The van der Waals surface area contributed by atoms with Crippen LogP contribution in [0.4, 0.5) is 0 Å². The summed E-state index contributed by atoms with van der Waals surface area (Å²) in [7, 11) is 1.82. The zero-order valence-corrected chi connectivity index (χ0v) is 18.9. The SMILES string of the molecule is Cc1cc(C)n(-c2cccc(CN(C)C(=O)CC[C@]3(Cc4ccco4)CCC(=O)N3)c2)n1. The van der Waals surface area contributed by atoms with Gasteiger partial charge in [-0.15, -0.1) is 0 Å². The van der Waals surface area contributed by atoms with E-state index < -0.39 is 5.54 Å². The van der Waals surface area contributed by atoms with Gasteiger partial charge in [0.15, 0.2) is 0 Å². The van der Waals surface area contributed by atoms with Crippen LogP contribution in [-0.2, 0) is 22.6 Å². The molecule has 0 aliphatic carbocycles. The van der Waals surface area contributed by atoms with E-state index in [0.717, 1.165) is 28.4 Å². The van der Waals surface area contributed by atoms with Gasteiger partial charge in [0.05, 0.1) is 17.6 Å². The number of aryl methyl sites for hydroxylation is 2. The number of aromatic nitrogens is 2. The average molecular weight is 435 g/mol. The van der Waals surface area contributed by atoms with Crippen molar-refractivity contribution in [2.75, 3.05) is 7.05 Å². The predicted molar refractivity (Wildman–Crippen MR) is 121 cm³/mol. The van der Waals surface area contributed by atoms with Crippen molar-refractivity contribution in [3.8, 4) is 5.69 Å². The molecule has 1 aromatic carbocycles. The summed E-state index contributed by atoms with van der Waals surface area (Å²) in [6.07, 6.45) is 4.41. The van der Waals surface area contributed by atoms with Crippen LogP contribution >= 0.6 is 0 Å². The molecule has 0 radical (unpaired) electrons. The minimum atomic E-state index is -0.416. The summed E-state index contributed by atoms with van der Waals surface area (Å²) in [6.45, 7) is 4.53. The van der Waals surface area contributed by atoms with Crippen LogP contribution in [-0.4, -0.2) is 39.1 Å². The number of hydrogen-bond donors (Lipinski definition) is 1. The fourth-order valence-corrected chi connectivity index (χ4v) is 4.50. The molecule has 1 atom stereocenters. The van der Waals surface area contributed by atoms with Crippen molar-refractivity contribution >= 4 is 11.8 Å². The molecule has 7 nitrogen and oxygen atoms in total. The van der Waals surface area contributed by atoms with Gasteiger partial charge in [0, 0.05) is 44.1 Å². The number of amides is 2. The van der Waals surface area contributed by atoms with Gasteiger partial charge in [-0.3, -0.25) is 9.59 Å². The fraction of sp³-hybridized carbons (Fsp3) is 0.400. The molecule has 1 fully saturated rings. The van der Waals surface area contributed by atoms with E-state index in [4.69, 9.17) is 4.42 Å². The van der Waals surface area contributed by atoms with Crippen molar-refractivity contribution in [3.05, 3.63) is 71.4 Å². The van der Waals surface area contributed by atoms with Gasteiger partial charge >= 0.3 is 0 Å². The van der Waals surface area contributed by atoms with Gasteiger partial charge in [-0.25, -0.2) is 4.68 Å². The largest absolute Gasteiger partial charge is 0.469 e. The number of furan rings is 1. The monoisotopic (exact) mass is 434 g/mol. The van der Waals surface area contributed by atoms with Crippen molar-refractivity contribution in [3.63, 3.8) is 0 Å². The Morgan fingerprint density at radius 1 is 1.25 bits per heavy atom. The van der Waals surface area contributed by atoms with Crippen LogP contribution in [0.1, 0.15) is 48.4 Å². The van der Waals surface area contributed by atoms with E-state index >= 15 is 0 Å². The fourth-order valence-electron chi connectivity index (χ4n) is 4.50. The van der Waals surface area contributed by atoms with Crippen molar-refractivity contribution in [1.29, 1.82) is 0 Å². The third kappa shape index (κ3) is 4.93. The number of carbonyl (C=O) groups excluding carboxylic acids is 2. The highest BCUT2D eigenvalue weighted by molar-refractivity contribution is 5.80. The van der Waals surface area contributed by atoms with E-state index in [0.29, 0.717) is 38.6 Å². The Bertz CT molecular complexity index is 1100. The molecule has 1 aliphatic heterocycles. The van der Waals surface area contributed by atoms with Gasteiger partial charge in [0.25, 0.3) is 0 Å². The lowest BCUT2D eigenvalue weighted by atomic mass is 9.87. The van der Waals surface area contributed by atoms with E-state index in [2.05, 4.69) is 16.5 Å². The molecule has 2 aromatic heterocycles. The van der Waals surface area contributed by atoms with Crippen LogP contribution in [0.3, 0.4) is 0 Å². The molecule has 3 heterocycles. The van der Waals surface area contributed by atoms with Gasteiger partial charge in [-0.1, -0.05) is 12.1 Å². The maximum Gasteiger partial charge on any atom is 0.222 e. The first-order valence-corrected chi connectivity index (χ1v) is 11.0. The minimum Gasteiger partial charge on any atom is -0.469 e. The maximum atomic E-state index is 12.9. The number of benzene rings is 1. The number of nitrogens with one attached hydrogen (secondary N) is 1. The second-order valence-corrected chi connectivity index (χ2v) is 8.84. The highest BCUT2D eigenvalue weighted by Gasteiger charge is 2.38. The van der Waals surface area contributed by atoms with Crippen LogP contribution in [0.5, 0.6) is 0 Å². The molecule has 0 saturated carbocycles. The molecule has 1 saturated heterocycles. The average Bonchev–Trinajstić information content (AvgIpc) is 3.48. The summed E-state index contributed by atoms with van der Waals surface area (Å²) in [5.74, 6) is 0.925. The summed E-state index contributed by atoms with van der Waals surface area (Å²) in [6, 6.07) is 13.9. The van der Waals surface area contributed by atoms with Crippen LogP contribution in [0.25, 0.3) is 5.69 Å². The number of rotatable bonds is 8. The van der Waals surface area contributed by atoms with Gasteiger partial charge < -0.3 is 14.6 Å². The smallest absolute Gasteiger partial charge is 0.222 e. The molecule has 4 rings (SSSR count). The van der Waals surface area contributed by atoms with Crippen molar-refractivity contribution in [2.24, 2.45) is 0 Å². The topological polar surface area (TPSA) is 80.4 Å². The zero-order valence-electron chi connectivity index (χ0n) is 18.9. The van der Waals surface area contributed by atoms with Crippen molar-refractivity contribution in [2.45, 2.75) is 58.0 Å². The number of hydrogen-bond acceptors (Lipinski definition) is 4. The number of nitrogens with zero attached hydrogens (tertiary/aromatic N) is 3. The zero-order chi connectivity index (χ0) is 22.7. The maximum absolute atomic E-state index is 12.9. The van der Waals surface area contributed by atoms with Crippen LogP contribution in [0.15, 0.2) is 53.1 Å². The molecule has 168 valence electrons. The summed E-state index contributed by atoms with van der Waals surface area (Å²) < 4.78 is 7.41. The predicted octanol–water partition coefficient (Wildman–Crippen LogP) is 3.71. The highest BCUT2D eigenvalue weighted by atomic mass is 16.3. The molecule has 2 amide bonds. The minimum absolute atomic E-state index is 0.0401. The Hall–Kier alpha value is -3.35. The van der Waals surface area contributed by atoms with Gasteiger partial charge in [-0.2, -0.15) is 5.10 Å². The quantitative estimate of drug-likeness (QED) is 0.586. The van der Waals surface area contributed by atoms with E-state index in [1.165, 1.54) is 0 Å². The standard InChI is InChI=1S/C25H30N4O3/c1-18-14-19(2)29(27-18)21-7-4-6-20(15-21)17-28(3)24(31)10-12-25(11-9-23(30)26-25)16-22-8-5-13-32-22/h4-8,13-15H,9-12,16-17H2,1-3H3,(H,26,30)/t25-/m0/s1. The van der Waals surface area contributed by atoms with E-state index in [-0.39, 0.29) is 11.8 Å². The van der Waals surface area contributed by atoms with Gasteiger partial charge in [0.2, 0.25) is 11.8 Å². The third-order valence-corrected chi connectivity index (χ3v) is 6.16. The van der Waals surface area contributed by atoms with Gasteiger partial charge in [0.1, 0.15) is 5.76 Å². The molecule has 1 N–H and O–H groups in total. The lowest BCUT2D eigenvalue weighted by Gasteiger charge is -2.29. The summed E-state index contributed by atoms with van der Waals surface area (Å²) >= 11 is 0. The van der Waals surface area contributed by atoms with Gasteiger partial charge in [-0.05, 0) is 62.6 Å². The van der Waals surface area contributed by atoms with E-state index in [1.807, 2.05) is 62.0 Å². The lowest BCUT2D eigenvalue weighted by Crippen LogP contribution is -2.44. The second-order valence-electron chi connectivity index (χ2n) is 8.84. The van der Waals surface area contributed by atoms with E-state index in [1.54, 1.807) is 11.2 Å². The summed E-state index contributed by atoms with van der Waals surface area (Å²) in [4.78, 5) is 26.6. The summed E-state index contributed by atoms with van der Waals surface area (Å²) in [5.41, 5.74) is 3.67. The first-order chi connectivity index (χ1) is 15.3. The lowest BCUT2D eigenvalue weighted by molar-refractivity contribution is -0.131. The van der Waals surface area contributed by atoms with E-state index in [9.17, 15) is 9.59 Å². The highest BCUT2D eigenvalue weighted by Crippen LogP contribution is 2.30. The van der Waals surface area contributed by atoms with Crippen molar-refractivity contribution in [1.82, 2.24) is 20.0 Å². The first kappa shape index (κ1) is 21.9. The first-order valence-electron chi connectivity index (χ1n) is 11.0. The molecule has 7 heteroatoms. The molecule has 0 unspecified atom stereocenters. The van der Waals surface area contributed by atoms with Crippen molar-refractivity contribution < 1.29 is 14.0 Å². The number of carbonyl (C=O) groups is 2. The molecule has 0 bridgehead atoms. The molecule has 32 heavy (non-hydrogen) atoms. The Balaban J connectivity index is 1.39. The normalized spacial score (nSPS) is 18.0. The summed E-state index contributed by atoms with van der Waals surface area (Å²) in [5, 5.41) is 7.65. The Morgan fingerprint density at radius 2 is 2.09 bits per heavy atom. The Labute approximate surface area is 188 Å².